The summed E-state index contributed by atoms with van der Waals surface area (Å²) in [6.45, 7) is 8.71. The molecular weight excluding hydrogens is 648 g/mol. The fraction of sp³-hybridized carbons (Fsp3) is 0.425. The maximum absolute atomic E-state index is 14.0. The third kappa shape index (κ3) is 14.0. The van der Waals surface area contributed by atoms with Gasteiger partial charge in [0.1, 0.15) is 17.7 Å². The van der Waals surface area contributed by atoms with Crippen molar-refractivity contribution in [2.45, 2.75) is 90.1 Å². The lowest BCUT2D eigenvalue weighted by Crippen LogP contribution is -2.58. The molecule has 0 aliphatic rings. The quantitative estimate of drug-likeness (QED) is 0.143. The van der Waals surface area contributed by atoms with Gasteiger partial charge in [-0.3, -0.25) is 19.7 Å². The normalized spacial score (nSPS) is 14.2. The summed E-state index contributed by atoms with van der Waals surface area (Å²) in [4.78, 5) is 66.9. The average molecular weight is 701 g/mol. The van der Waals surface area contributed by atoms with Crippen LogP contribution in [0.25, 0.3) is 0 Å². The molecule has 0 aliphatic carbocycles. The molecule has 3 aromatic rings. The van der Waals surface area contributed by atoms with Crippen LogP contribution in [0.1, 0.15) is 57.7 Å². The van der Waals surface area contributed by atoms with Crippen molar-refractivity contribution in [1.82, 2.24) is 21.3 Å². The van der Waals surface area contributed by atoms with Crippen LogP contribution in [0.4, 0.5) is 4.79 Å². The van der Waals surface area contributed by atoms with Gasteiger partial charge in [-0.1, -0.05) is 111 Å². The van der Waals surface area contributed by atoms with Gasteiger partial charge in [0.25, 0.3) is 0 Å². The van der Waals surface area contributed by atoms with Crippen LogP contribution < -0.4 is 21.3 Å². The average Bonchev–Trinajstić information content (AvgIpc) is 3.11. The number of benzene rings is 3. The second kappa shape index (κ2) is 20.0. The van der Waals surface area contributed by atoms with Crippen molar-refractivity contribution in [2.24, 2.45) is 5.92 Å². The first-order valence-corrected chi connectivity index (χ1v) is 17.4. The Kier molecular flexibility index (Phi) is 15.8. The second-order valence-electron chi connectivity index (χ2n) is 13.6. The smallest absolute Gasteiger partial charge is 0.408 e. The number of methoxy groups -OCH3 is 1. The van der Waals surface area contributed by atoms with Crippen LogP contribution in [0, 0.1) is 5.92 Å². The number of amides is 3. The number of Topliss-reactive ketones (excluding diaryl/α,β-unsaturated/α-hetero) is 1. The predicted molar refractivity (Wildman–Crippen MR) is 196 cm³/mol. The summed E-state index contributed by atoms with van der Waals surface area (Å²) in [6, 6.07) is 24.0. The fourth-order valence-electron chi connectivity index (χ4n) is 5.40. The molecule has 0 unspecified atom stereocenters. The number of carbonyl (C=O) groups excluding carboxylic acids is 5. The van der Waals surface area contributed by atoms with Crippen LogP contribution in [0.2, 0.25) is 0 Å². The van der Waals surface area contributed by atoms with Crippen LogP contribution in [0.15, 0.2) is 91.0 Å². The fourth-order valence-corrected chi connectivity index (χ4v) is 5.40. The summed E-state index contributed by atoms with van der Waals surface area (Å²) < 4.78 is 10.4. The first-order chi connectivity index (χ1) is 24.3. The Morgan fingerprint density at radius 3 is 1.57 bits per heavy atom. The first kappa shape index (κ1) is 40.4. The molecule has 0 aromatic heterocycles. The first-order valence-electron chi connectivity index (χ1n) is 17.4. The minimum absolute atomic E-state index is 0.211. The Labute approximate surface area is 301 Å². The summed E-state index contributed by atoms with van der Waals surface area (Å²) in [5.41, 5.74) is 1.74. The number of carbonyl (C=O) groups is 5. The summed E-state index contributed by atoms with van der Waals surface area (Å²) in [7, 11) is 1.26. The van der Waals surface area contributed by atoms with E-state index in [0.717, 1.165) is 16.7 Å². The lowest BCUT2D eigenvalue weighted by atomic mass is 9.96. The molecule has 11 heteroatoms. The molecule has 3 aromatic carbocycles. The third-order valence-corrected chi connectivity index (χ3v) is 8.36. The van der Waals surface area contributed by atoms with Gasteiger partial charge in [0.05, 0.1) is 25.7 Å². The number of ether oxygens (including phenoxy) is 2. The van der Waals surface area contributed by atoms with Crippen LogP contribution in [-0.2, 0) is 47.9 Å². The molecule has 0 saturated carbocycles. The summed E-state index contributed by atoms with van der Waals surface area (Å²) >= 11 is 0. The van der Waals surface area contributed by atoms with E-state index in [1.54, 1.807) is 20.8 Å². The maximum Gasteiger partial charge on any atom is 0.408 e. The van der Waals surface area contributed by atoms with Gasteiger partial charge < -0.3 is 25.4 Å². The molecule has 274 valence electrons. The van der Waals surface area contributed by atoms with Gasteiger partial charge >= 0.3 is 12.1 Å². The largest absolute Gasteiger partial charge is 0.467 e. The Morgan fingerprint density at radius 1 is 0.647 bits per heavy atom. The molecule has 51 heavy (non-hydrogen) atoms. The Morgan fingerprint density at radius 2 is 1.12 bits per heavy atom. The van der Waals surface area contributed by atoms with Gasteiger partial charge in [0.15, 0.2) is 5.78 Å². The van der Waals surface area contributed by atoms with Gasteiger partial charge in [-0.2, -0.15) is 0 Å². The van der Waals surface area contributed by atoms with E-state index in [2.05, 4.69) is 21.3 Å². The number of esters is 1. The highest BCUT2D eigenvalue weighted by Gasteiger charge is 2.33. The number of hydrogen-bond acceptors (Lipinski definition) is 8. The van der Waals surface area contributed by atoms with Crippen molar-refractivity contribution in [3.05, 3.63) is 108 Å². The molecule has 0 saturated heterocycles. The number of rotatable bonds is 18. The van der Waals surface area contributed by atoms with Gasteiger partial charge in [0.2, 0.25) is 11.8 Å². The van der Waals surface area contributed by atoms with E-state index < -0.39 is 53.6 Å². The van der Waals surface area contributed by atoms with Gasteiger partial charge in [-0.05, 0) is 56.2 Å². The summed E-state index contributed by atoms with van der Waals surface area (Å²) in [5.74, 6) is -2.27. The van der Waals surface area contributed by atoms with Gasteiger partial charge in [0, 0.05) is 6.42 Å². The highest BCUT2D eigenvalue weighted by atomic mass is 16.6. The van der Waals surface area contributed by atoms with Crippen LogP contribution in [0.5, 0.6) is 0 Å². The molecule has 0 fully saturated rings. The lowest BCUT2D eigenvalue weighted by Gasteiger charge is -2.28. The Balaban J connectivity index is 1.81. The van der Waals surface area contributed by atoms with Gasteiger partial charge in [-0.25, -0.2) is 9.59 Å². The molecule has 0 spiro atoms. The molecular formula is C40H52N4O7. The molecule has 0 bridgehead atoms. The number of alkyl carbamates (subject to hydrolysis) is 1. The molecule has 5 atom stereocenters. The molecule has 0 aliphatic heterocycles. The molecule has 0 heterocycles. The minimum Gasteiger partial charge on any atom is -0.467 e. The zero-order chi connectivity index (χ0) is 37.4. The van der Waals surface area contributed by atoms with Crippen molar-refractivity contribution in [2.75, 3.05) is 13.7 Å². The minimum atomic E-state index is -0.985. The number of nitrogens with one attached hydrogen (secondary N) is 4. The van der Waals surface area contributed by atoms with Gasteiger partial charge in [-0.15, -0.1) is 0 Å². The maximum atomic E-state index is 14.0. The van der Waals surface area contributed by atoms with E-state index >= 15 is 0 Å². The Hall–Kier alpha value is -5.03. The topological polar surface area (TPSA) is 152 Å². The zero-order valence-electron chi connectivity index (χ0n) is 30.4. The van der Waals surface area contributed by atoms with E-state index in [1.165, 1.54) is 7.11 Å². The predicted octanol–water partition coefficient (Wildman–Crippen LogP) is 4.32. The van der Waals surface area contributed by atoms with E-state index in [-0.39, 0.29) is 37.5 Å². The highest BCUT2D eigenvalue weighted by Crippen LogP contribution is 2.13. The SMILES string of the molecule is CC[C@@H](C)[C@@H](NC(=O)[C@@H](Cc1ccccc1)NCC(=O)[C@H](Cc1ccccc1)NC(=O)OC(C)(C)C)C(=O)N[C@H](Cc1ccccc1)C(=O)OC. The van der Waals surface area contributed by atoms with Crippen molar-refractivity contribution in [3.63, 3.8) is 0 Å². The second-order valence-corrected chi connectivity index (χ2v) is 13.6. The van der Waals surface area contributed by atoms with Crippen LogP contribution in [-0.4, -0.2) is 73.1 Å². The monoisotopic (exact) mass is 700 g/mol. The lowest BCUT2D eigenvalue weighted by molar-refractivity contribution is -0.145. The molecule has 11 nitrogen and oxygen atoms in total. The van der Waals surface area contributed by atoms with Crippen LogP contribution in [0.3, 0.4) is 0 Å². The van der Waals surface area contributed by atoms with Crippen molar-refractivity contribution in [1.29, 1.82) is 0 Å². The van der Waals surface area contributed by atoms with Crippen molar-refractivity contribution >= 4 is 29.7 Å². The third-order valence-electron chi connectivity index (χ3n) is 8.36. The van der Waals surface area contributed by atoms with Crippen LogP contribution >= 0.6 is 0 Å². The molecule has 3 amide bonds. The Bertz CT molecular complexity index is 1560. The van der Waals surface area contributed by atoms with E-state index in [1.807, 2.05) is 105 Å². The summed E-state index contributed by atoms with van der Waals surface area (Å²) in [5, 5.41) is 11.5. The van der Waals surface area contributed by atoms with E-state index in [9.17, 15) is 24.0 Å². The molecule has 0 radical (unpaired) electrons. The standard InChI is InChI=1S/C40H52N4O7/c1-7-27(2)35(37(47)42-33(38(48)50-6)25-30-21-15-10-16-22-30)44-36(46)32(24-29-19-13-9-14-20-29)41-26-34(45)31(23-28-17-11-8-12-18-28)43-39(49)51-40(3,4)5/h8-22,27,31-33,35,41H,7,23-26H2,1-6H3,(H,42,47)(H,43,49)(H,44,46)/t27-,31+,32-,33-,35-/m1/s1. The van der Waals surface area contributed by atoms with E-state index in [4.69, 9.17) is 9.47 Å². The van der Waals surface area contributed by atoms with Crippen molar-refractivity contribution < 1.29 is 33.4 Å². The number of ketones is 1. The zero-order valence-corrected chi connectivity index (χ0v) is 30.4. The highest BCUT2D eigenvalue weighted by molar-refractivity contribution is 5.93. The number of hydrogen-bond donors (Lipinski definition) is 4. The molecule has 3 rings (SSSR count). The summed E-state index contributed by atoms with van der Waals surface area (Å²) in [6.07, 6.45) is 0.484. The van der Waals surface area contributed by atoms with Crippen molar-refractivity contribution in [3.8, 4) is 0 Å². The van der Waals surface area contributed by atoms with E-state index in [0.29, 0.717) is 6.42 Å². The molecule has 4 N–H and O–H groups in total.